The minimum atomic E-state index is -0.246. The second kappa shape index (κ2) is 5.16. The topological polar surface area (TPSA) is 80.9 Å². The highest BCUT2D eigenvalue weighted by molar-refractivity contribution is 7.15. The third kappa shape index (κ3) is 2.93. The summed E-state index contributed by atoms with van der Waals surface area (Å²) in [5.41, 5.74) is 6.51. The first-order chi connectivity index (χ1) is 9.61. The third-order valence-electron chi connectivity index (χ3n) is 3.23. The van der Waals surface area contributed by atoms with Crippen molar-refractivity contribution in [1.82, 2.24) is 15.5 Å². The predicted molar refractivity (Wildman–Crippen MR) is 73.7 cm³/mol. The first-order valence-corrected chi connectivity index (χ1v) is 7.06. The number of carbonyl (C=O) groups is 1. The highest BCUT2D eigenvalue weighted by atomic mass is 32.1. The molecule has 0 radical (unpaired) electrons. The number of hydrogen-bond acceptors (Lipinski definition) is 5. The Morgan fingerprint density at radius 3 is 2.80 bits per heavy atom. The Kier molecular flexibility index (Phi) is 3.35. The summed E-state index contributed by atoms with van der Waals surface area (Å²) in [6.45, 7) is 0. The number of amides is 1. The molecule has 104 valence electrons. The molecule has 0 unspecified atom stereocenters. The lowest BCUT2D eigenvalue weighted by Crippen LogP contribution is -2.28. The van der Waals surface area contributed by atoms with E-state index >= 15 is 0 Å². The number of anilines is 1. The number of nitrogens with two attached hydrogens (primary N) is 1. The molecule has 3 N–H and O–H groups in total. The molecule has 1 aromatic carbocycles. The zero-order valence-electron chi connectivity index (χ0n) is 10.5. The summed E-state index contributed by atoms with van der Waals surface area (Å²) in [5, 5.41) is 11.4. The van der Waals surface area contributed by atoms with E-state index < -0.39 is 0 Å². The van der Waals surface area contributed by atoms with Gasteiger partial charge in [0.25, 0.3) is 0 Å². The van der Waals surface area contributed by atoms with Crippen LogP contribution < -0.4 is 11.1 Å². The molecule has 7 heteroatoms. The lowest BCUT2D eigenvalue weighted by molar-refractivity contribution is -0.120. The number of rotatable bonds is 4. The maximum Gasteiger partial charge on any atom is 0.227 e. The van der Waals surface area contributed by atoms with Crippen LogP contribution >= 0.6 is 11.3 Å². The zero-order chi connectivity index (χ0) is 14.1. The van der Waals surface area contributed by atoms with Gasteiger partial charge in [-0.3, -0.25) is 4.79 Å². The fraction of sp³-hybridized carbons (Fsp3) is 0.308. The van der Waals surface area contributed by atoms with E-state index in [0.717, 1.165) is 12.0 Å². The molecule has 1 aromatic heterocycles. The fourth-order valence-electron chi connectivity index (χ4n) is 2.17. The molecule has 5 nitrogen and oxygen atoms in total. The van der Waals surface area contributed by atoms with Crippen LogP contribution in [-0.4, -0.2) is 22.1 Å². The van der Waals surface area contributed by atoms with Crippen LogP contribution in [0.25, 0.3) is 0 Å². The Morgan fingerprint density at radius 1 is 1.40 bits per heavy atom. The van der Waals surface area contributed by atoms with Crippen molar-refractivity contribution in [3.05, 3.63) is 40.7 Å². The summed E-state index contributed by atoms with van der Waals surface area (Å²) in [6.07, 6.45) is 1.08. The molecular weight excluding hydrogens is 279 g/mol. The minimum Gasteiger partial charge on any atom is -0.374 e. The fourth-order valence-corrected chi connectivity index (χ4v) is 2.77. The second-order valence-electron chi connectivity index (χ2n) is 4.78. The van der Waals surface area contributed by atoms with Crippen LogP contribution in [0.3, 0.4) is 0 Å². The van der Waals surface area contributed by atoms with E-state index in [9.17, 15) is 9.18 Å². The number of nitrogens with one attached hydrogen (secondary N) is 1. The van der Waals surface area contributed by atoms with Crippen molar-refractivity contribution >= 4 is 22.4 Å². The molecule has 2 aromatic rings. The van der Waals surface area contributed by atoms with Crippen molar-refractivity contribution < 1.29 is 9.18 Å². The van der Waals surface area contributed by atoms with Crippen LogP contribution in [0.15, 0.2) is 24.3 Å². The van der Waals surface area contributed by atoms with E-state index in [2.05, 4.69) is 15.5 Å². The lowest BCUT2D eigenvalue weighted by atomic mass is 10.1. The molecule has 3 rings (SSSR count). The van der Waals surface area contributed by atoms with Gasteiger partial charge in [-0.1, -0.05) is 23.5 Å². The molecule has 2 atom stereocenters. The van der Waals surface area contributed by atoms with Crippen LogP contribution in [0.4, 0.5) is 9.52 Å². The Hall–Kier alpha value is -2.02. The largest absolute Gasteiger partial charge is 0.374 e. The van der Waals surface area contributed by atoms with E-state index in [1.807, 2.05) is 0 Å². The number of hydrogen-bond donors (Lipinski definition) is 2. The molecule has 0 spiro atoms. The van der Waals surface area contributed by atoms with Crippen LogP contribution in [0.1, 0.15) is 22.9 Å². The quantitative estimate of drug-likeness (QED) is 0.894. The molecule has 0 bridgehead atoms. The normalized spacial score (nSPS) is 20.6. The van der Waals surface area contributed by atoms with Gasteiger partial charge in [0.1, 0.15) is 10.8 Å². The smallest absolute Gasteiger partial charge is 0.227 e. The Labute approximate surface area is 119 Å². The van der Waals surface area contributed by atoms with Crippen molar-refractivity contribution in [3.63, 3.8) is 0 Å². The van der Waals surface area contributed by atoms with Gasteiger partial charge in [0.05, 0.1) is 6.42 Å². The van der Waals surface area contributed by atoms with Crippen LogP contribution in [0.5, 0.6) is 0 Å². The summed E-state index contributed by atoms with van der Waals surface area (Å²) in [7, 11) is 0. The molecule has 0 aliphatic heterocycles. The Balaban J connectivity index is 1.52. The maximum absolute atomic E-state index is 12.8. The number of nitrogen functional groups attached to an aromatic ring is 1. The van der Waals surface area contributed by atoms with Gasteiger partial charge in [0.2, 0.25) is 11.0 Å². The predicted octanol–water partition coefficient (Wildman–Crippen LogP) is 1.47. The van der Waals surface area contributed by atoms with E-state index in [1.54, 1.807) is 12.1 Å². The summed E-state index contributed by atoms with van der Waals surface area (Å²) >= 11 is 1.22. The number of halogens is 1. The van der Waals surface area contributed by atoms with Crippen molar-refractivity contribution in [2.75, 3.05) is 5.73 Å². The summed E-state index contributed by atoms with van der Waals surface area (Å²) in [5.74, 6) is -0.0568. The number of carbonyl (C=O) groups excluding carboxylic acids is 1. The first kappa shape index (κ1) is 13.0. The molecular formula is C13H13FN4OS. The average Bonchev–Trinajstić information content (AvgIpc) is 3.04. The molecule has 1 saturated carbocycles. The third-order valence-corrected chi connectivity index (χ3v) is 3.98. The SMILES string of the molecule is Nc1nnc(CC(=O)N[C@@H]2C[C@H]2c2ccc(F)cc2)s1. The van der Waals surface area contributed by atoms with Crippen LogP contribution in [-0.2, 0) is 11.2 Å². The number of benzene rings is 1. The van der Waals surface area contributed by atoms with E-state index in [1.165, 1.54) is 23.5 Å². The molecule has 1 heterocycles. The monoisotopic (exact) mass is 292 g/mol. The minimum absolute atomic E-state index is 0.0873. The maximum atomic E-state index is 12.8. The molecule has 1 aliphatic rings. The lowest BCUT2D eigenvalue weighted by Gasteiger charge is -2.03. The van der Waals surface area contributed by atoms with E-state index in [0.29, 0.717) is 10.1 Å². The average molecular weight is 292 g/mol. The summed E-state index contributed by atoms with van der Waals surface area (Å²) < 4.78 is 12.8. The van der Waals surface area contributed by atoms with Crippen LogP contribution in [0, 0.1) is 5.82 Å². The first-order valence-electron chi connectivity index (χ1n) is 6.24. The van der Waals surface area contributed by atoms with E-state index in [-0.39, 0.29) is 30.1 Å². The van der Waals surface area contributed by atoms with Gasteiger partial charge < -0.3 is 11.1 Å². The number of nitrogens with zero attached hydrogens (tertiary/aromatic N) is 2. The van der Waals surface area contributed by atoms with Gasteiger partial charge in [0, 0.05) is 12.0 Å². The highest BCUT2D eigenvalue weighted by Crippen LogP contribution is 2.40. The standard InChI is InChI=1S/C13H13FN4OS/c14-8-3-1-7(2-4-8)9-5-10(9)16-11(19)6-12-17-18-13(15)20-12/h1-4,9-10H,5-6H2,(H2,15,18)(H,16,19)/t9-,10+/m0/s1. The molecule has 0 saturated heterocycles. The molecule has 1 aliphatic carbocycles. The molecule has 1 fully saturated rings. The van der Waals surface area contributed by atoms with Gasteiger partial charge in [-0.15, -0.1) is 10.2 Å². The molecule has 20 heavy (non-hydrogen) atoms. The van der Waals surface area contributed by atoms with Crippen molar-refractivity contribution in [3.8, 4) is 0 Å². The van der Waals surface area contributed by atoms with Gasteiger partial charge in [-0.2, -0.15) is 0 Å². The number of aromatic nitrogens is 2. The van der Waals surface area contributed by atoms with E-state index in [4.69, 9.17) is 5.73 Å². The van der Waals surface area contributed by atoms with Gasteiger partial charge in [0.15, 0.2) is 0 Å². The van der Waals surface area contributed by atoms with Crippen LogP contribution in [0.2, 0.25) is 0 Å². The zero-order valence-corrected chi connectivity index (χ0v) is 11.4. The van der Waals surface area contributed by atoms with Crippen molar-refractivity contribution in [1.29, 1.82) is 0 Å². The van der Waals surface area contributed by atoms with Gasteiger partial charge in [-0.25, -0.2) is 4.39 Å². The van der Waals surface area contributed by atoms with Gasteiger partial charge in [-0.05, 0) is 24.1 Å². The second-order valence-corrected chi connectivity index (χ2v) is 5.87. The van der Waals surface area contributed by atoms with Crippen molar-refractivity contribution in [2.45, 2.75) is 24.8 Å². The van der Waals surface area contributed by atoms with Crippen molar-refractivity contribution in [2.24, 2.45) is 0 Å². The van der Waals surface area contributed by atoms with Gasteiger partial charge >= 0.3 is 0 Å². The Bertz CT molecular complexity index is 628. The summed E-state index contributed by atoms with van der Waals surface area (Å²) in [6, 6.07) is 6.53. The summed E-state index contributed by atoms with van der Waals surface area (Å²) in [4.78, 5) is 11.8. The Morgan fingerprint density at radius 2 is 2.15 bits per heavy atom. The highest BCUT2D eigenvalue weighted by Gasteiger charge is 2.39. The molecule has 1 amide bonds.